The summed E-state index contributed by atoms with van der Waals surface area (Å²) in [5.41, 5.74) is 0. The van der Waals surface area contributed by atoms with Gasteiger partial charge in [-0.1, -0.05) is 6.92 Å². The van der Waals surface area contributed by atoms with Crippen molar-refractivity contribution < 1.29 is 23.1 Å². The number of carboxylic acid groups (broad SMARTS) is 1. The lowest BCUT2D eigenvalue weighted by Gasteiger charge is -2.20. The molecule has 1 heterocycles. The highest BCUT2D eigenvalue weighted by molar-refractivity contribution is 8.00. The Labute approximate surface area is 128 Å². The van der Waals surface area contributed by atoms with Crippen LogP contribution in [0.15, 0.2) is 29.2 Å². The summed E-state index contributed by atoms with van der Waals surface area (Å²) in [5, 5.41) is 9.10. The van der Waals surface area contributed by atoms with Crippen molar-refractivity contribution in [1.29, 1.82) is 0 Å². The average Bonchev–Trinajstić information content (AvgIpc) is 2.96. The number of carbonyl (C=O) groups is 1. The molecule has 0 saturated carbocycles. The second-order valence-electron chi connectivity index (χ2n) is 4.57. The van der Waals surface area contributed by atoms with E-state index in [1.54, 1.807) is 12.1 Å². The smallest absolute Gasteiger partial charge is 0.322 e. The van der Waals surface area contributed by atoms with Crippen molar-refractivity contribution in [2.75, 3.05) is 18.2 Å². The van der Waals surface area contributed by atoms with Crippen LogP contribution < -0.4 is 4.74 Å². The molecule has 1 fully saturated rings. The van der Waals surface area contributed by atoms with E-state index in [0.29, 0.717) is 12.4 Å². The summed E-state index contributed by atoms with van der Waals surface area (Å²) in [6, 6.07) is 5.06. The normalized spacial score (nSPS) is 19.6. The van der Waals surface area contributed by atoms with E-state index >= 15 is 0 Å². The minimum Gasteiger partial charge on any atom is -0.494 e. The molecule has 8 heteroatoms. The molecular weight excluding hydrogens is 314 g/mol. The third kappa shape index (κ3) is 3.50. The van der Waals surface area contributed by atoms with Gasteiger partial charge in [0.05, 0.1) is 17.4 Å². The summed E-state index contributed by atoms with van der Waals surface area (Å²) >= 11 is 1.30. The van der Waals surface area contributed by atoms with Gasteiger partial charge in [-0.05, 0) is 30.7 Å². The molecule has 1 atom stereocenters. The number of nitrogens with zero attached hydrogens (tertiary/aromatic N) is 1. The largest absolute Gasteiger partial charge is 0.494 e. The SMILES string of the molecule is CCCOc1ccc(S(=O)(=O)N2CSC[C@H]2C(=O)O)cc1. The Hall–Kier alpha value is -1.25. The van der Waals surface area contributed by atoms with Gasteiger partial charge in [-0.15, -0.1) is 11.8 Å². The van der Waals surface area contributed by atoms with Crippen LogP contribution in [0.4, 0.5) is 0 Å². The summed E-state index contributed by atoms with van der Waals surface area (Å²) in [4.78, 5) is 11.2. The zero-order valence-electron chi connectivity index (χ0n) is 11.6. The quantitative estimate of drug-likeness (QED) is 0.853. The van der Waals surface area contributed by atoms with E-state index in [4.69, 9.17) is 9.84 Å². The lowest BCUT2D eigenvalue weighted by molar-refractivity contribution is -0.140. The maximum absolute atomic E-state index is 12.5. The number of benzene rings is 1. The van der Waals surface area contributed by atoms with Crippen molar-refractivity contribution in [3.05, 3.63) is 24.3 Å². The van der Waals surface area contributed by atoms with Crippen molar-refractivity contribution in [1.82, 2.24) is 4.31 Å². The van der Waals surface area contributed by atoms with E-state index in [1.165, 1.54) is 23.9 Å². The van der Waals surface area contributed by atoms with Gasteiger partial charge in [0.25, 0.3) is 0 Å². The van der Waals surface area contributed by atoms with Gasteiger partial charge < -0.3 is 9.84 Å². The first-order chi connectivity index (χ1) is 9.96. The third-order valence-corrected chi connectivity index (χ3v) is 6.07. The van der Waals surface area contributed by atoms with Gasteiger partial charge >= 0.3 is 5.97 Å². The van der Waals surface area contributed by atoms with Crippen LogP contribution in [0.2, 0.25) is 0 Å². The Kier molecular flexibility index (Phi) is 5.13. The van der Waals surface area contributed by atoms with Crippen molar-refractivity contribution >= 4 is 27.8 Å². The molecule has 0 bridgehead atoms. The standard InChI is InChI=1S/C13H17NO5S2/c1-2-7-19-10-3-5-11(6-4-10)21(17,18)14-9-20-8-12(14)13(15)16/h3-6,12H,2,7-9H2,1H3,(H,15,16)/t12-/m0/s1. The van der Waals surface area contributed by atoms with Crippen molar-refractivity contribution in [3.63, 3.8) is 0 Å². The molecule has 0 unspecified atom stereocenters. The molecule has 6 nitrogen and oxygen atoms in total. The highest BCUT2D eigenvalue weighted by atomic mass is 32.2. The minimum absolute atomic E-state index is 0.0834. The van der Waals surface area contributed by atoms with E-state index in [1.807, 2.05) is 6.92 Å². The number of carboxylic acids is 1. The molecule has 1 saturated heterocycles. The van der Waals surface area contributed by atoms with E-state index in [-0.39, 0.29) is 16.5 Å². The fourth-order valence-electron chi connectivity index (χ4n) is 1.92. The number of rotatable bonds is 6. The monoisotopic (exact) mass is 331 g/mol. The highest BCUT2D eigenvalue weighted by Gasteiger charge is 2.39. The van der Waals surface area contributed by atoms with Crippen LogP contribution in [0.5, 0.6) is 5.75 Å². The number of ether oxygens (including phenoxy) is 1. The van der Waals surface area contributed by atoms with Crippen LogP contribution in [0.3, 0.4) is 0 Å². The Morgan fingerprint density at radius 3 is 2.67 bits per heavy atom. The first-order valence-electron chi connectivity index (χ1n) is 6.52. The molecule has 1 aliphatic heterocycles. The lowest BCUT2D eigenvalue weighted by Crippen LogP contribution is -2.41. The van der Waals surface area contributed by atoms with E-state index in [9.17, 15) is 13.2 Å². The van der Waals surface area contributed by atoms with Crippen LogP contribution in [0.1, 0.15) is 13.3 Å². The molecule has 0 radical (unpaired) electrons. The van der Waals surface area contributed by atoms with Crippen molar-refractivity contribution in [2.24, 2.45) is 0 Å². The van der Waals surface area contributed by atoms with Crippen LogP contribution >= 0.6 is 11.8 Å². The summed E-state index contributed by atoms with van der Waals surface area (Å²) in [7, 11) is -3.79. The predicted molar refractivity (Wildman–Crippen MR) is 80.0 cm³/mol. The van der Waals surface area contributed by atoms with E-state index in [2.05, 4.69) is 0 Å². The maximum atomic E-state index is 12.5. The molecule has 116 valence electrons. The first kappa shape index (κ1) is 16.1. The van der Waals surface area contributed by atoms with Crippen LogP contribution in [-0.2, 0) is 14.8 Å². The molecule has 21 heavy (non-hydrogen) atoms. The zero-order chi connectivity index (χ0) is 15.5. The molecule has 1 aromatic carbocycles. The molecule has 1 aromatic rings. The summed E-state index contributed by atoms with van der Waals surface area (Å²) < 4.78 is 31.4. The summed E-state index contributed by atoms with van der Waals surface area (Å²) in [6.45, 7) is 2.55. The molecule has 2 rings (SSSR count). The van der Waals surface area contributed by atoms with Gasteiger partial charge in [0, 0.05) is 5.75 Å². The molecule has 0 aliphatic carbocycles. The lowest BCUT2D eigenvalue weighted by atomic mass is 10.3. The Bertz CT molecular complexity index is 599. The summed E-state index contributed by atoms with van der Waals surface area (Å²) in [6.07, 6.45) is 0.866. The number of hydrogen-bond donors (Lipinski definition) is 1. The van der Waals surface area contributed by atoms with Crippen molar-refractivity contribution in [3.8, 4) is 5.75 Å². The molecule has 0 spiro atoms. The van der Waals surface area contributed by atoms with Crippen LogP contribution in [0.25, 0.3) is 0 Å². The number of sulfonamides is 1. The topological polar surface area (TPSA) is 83.9 Å². The molecule has 0 aromatic heterocycles. The van der Waals surface area contributed by atoms with Gasteiger partial charge in [0.15, 0.2) is 0 Å². The van der Waals surface area contributed by atoms with Crippen LogP contribution in [-0.4, -0.2) is 48.1 Å². The second kappa shape index (κ2) is 6.67. The zero-order valence-corrected chi connectivity index (χ0v) is 13.2. The Balaban J connectivity index is 2.21. The van der Waals surface area contributed by atoms with E-state index in [0.717, 1.165) is 10.7 Å². The second-order valence-corrected chi connectivity index (χ2v) is 7.46. The molecule has 1 aliphatic rings. The highest BCUT2D eigenvalue weighted by Crippen LogP contribution is 2.29. The molecule has 0 amide bonds. The van der Waals surface area contributed by atoms with Gasteiger partial charge in [-0.25, -0.2) is 8.42 Å². The Morgan fingerprint density at radius 2 is 2.10 bits per heavy atom. The minimum atomic E-state index is -3.79. The van der Waals surface area contributed by atoms with Gasteiger partial charge in [-0.3, -0.25) is 4.79 Å². The number of thioether (sulfide) groups is 1. The Morgan fingerprint density at radius 1 is 1.43 bits per heavy atom. The predicted octanol–water partition coefficient (Wildman–Crippen LogP) is 1.62. The van der Waals surface area contributed by atoms with Gasteiger partial charge in [-0.2, -0.15) is 4.31 Å². The van der Waals surface area contributed by atoms with Gasteiger partial charge in [0.1, 0.15) is 11.8 Å². The molecular formula is C13H17NO5S2. The molecule has 1 N–H and O–H groups in total. The average molecular weight is 331 g/mol. The fraction of sp³-hybridized carbons (Fsp3) is 0.462. The number of aliphatic carboxylic acids is 1. The maximum Gasteiger partial charge on any atom is 0.322 e. The first-order valence-corrected chi connectivity index (χ1v) is 9.11. The third-order valence-electron chi connectivity index (χ3n) is 3.03. The number of hydrogen-bond acceptors (Lipinski definition) is 5. The summed E-state index contributed by atoms with van der Waals surface area (Å²) in [5.74, 6) is -0.0903. The fourth-order valence-corrected chi connectivity index (χ4v) is 5.06. The van der Waals surface area contributed by atoms with E-state index < -0.39 is 22.0 Å². The van der Waals surface area contributed by atoms with Gasteiger partial charge in [0.2, 0.25) is 10.0 Å². The van der Waals surface area contributed by atoms with Crippen LogP contribution in [0, 0.1) is 0 Å². The van der Waals surface area contributed by atoms with Crippen molar-refractivity contribution in [2.45, 2.75) is 24.3 Å².